The van der Waals surface area contributed by atoms with Crippen molar-refractivity contribution in [1.29, 1.82) is 0 Å². The molecule has 35 heavy (non-hydrogen) atoms. The van der Waals surface area contributed by atoms with Gasteiger partial charge in [0.05, 0.1) is 17.9 Å². The molecule has 1 amide bonds. The monoisotopic (exact) mass is 535 g/mol. The van der Waals surface area contributed by atoms with E-state index in [0.29, 0.717) is 22.5 Å². The molecular formula is C27H35Cl2NO4Si. The van der Waals surface area contributed by atoms with Crippen molar-refractivity contribution in [2.45, 2.75) is 70.8 Å². The first-order valence-electron chi connectivity index (χ1n) is 12.0. The topological polar surface area (TPSA) is 77.8 Å². The molecule has 0 saturated carbocycles. The number of carbonyl (C=O) groups excluding carboxylic acids is 1. The molecule has 2 N–H and O–H groups in total. The molecule has 8 heteroatoms. The Labute approximate surface area is 219 Å². The maximum Gasteiger partial charge on any atom is 0.304 e. The van der Waals surface area contributed by atoms with Crippen LogP contribution in [-0.2, 0) is 9.59 Å². The predicted octanol–water partition coefficient (Wildman–Crippen LogP) is 6.75. The fourth-order valence-electron chi connectivity index (χ4n) is 5.41. The number of rotatable bonds is 8. The summed E-state index contributed by atoms with van der Waals surface area (Å²) in [5.74, 6) is -1.33. The molecule has 1 aliphatic rings. The van der Waals surface area contributed by atoms with Gasteiger partial charge in [-0.15, -0.1) is 0 Å². The molecule has 1 saturated heterocycles. The molecule has 2 aromatic carbocycles. The third kappa shape index (κ3) is 6.48. The van der Waals surface area contributed by atoms with Crippen LogP contribution in [0.4, 0.5) is 0 Å². The number of nitrogens with zero attached hydrogens (tertiary/aromatic N) is 1. The normalized spacial score (nSPS) is 24.0. The zero-order valence-corrected chi connectivity index (χ0v) is 23.5. The highest BCUT2D eigenvalue weighted by molar-refractivity contribution is 6.69. The minimum absolute atomic E-state index is 0.0554. The second kappa shape index (κ2) is 10.6. The van der Waals surface area contributed by atoms with Crippen molar-refractivity contribution in [2.75, 3.05) is 0 Å². The summed E-state index contributed by atoms with van der Waals surface area (Å²) < 4.78 is 0. The molecule has 1 unspecified atom stereocenters. The van der Waals surface area contributed by atoms with E-state index < -0.39 is 19.7 Å². The van der Waals surface area contributed by atoms with Gasteiger partial charge in [-0.3, -0.25) is 9.59 Å². The summed E-state index contributed by atoms with van der Waals surface area (Å²) in [6.07, 6.45) is 0.102. The van der Waals surface area contributed by atoms with Gasteiger partial charge in [0.15, 0.2) is 8.32 Å². The third-order valence-corrected chi connectivity index (χ3v) is 8.87. The molecule has 2 aromatic rings. The molecule has 0 aromatic heterocycles. The summed E-state index contributed by atoms with van der Waals surface area (Å²) in [7, 11) is -2.58. The first-order valence-corrected chi connectivity index (χ1v) is 15.9. The highest BCUT2D eigenvalue weighted by Crippen LogP contribution is 2.53. The number of carboxylic acid groups (broad SMARTS) is 1. The summed E-state index contributed by atoms with van der Waals surface area (Å²) in [4.78, 5) is 39.0. The highest BCUT2D eigenvalue weighted by Gasteiger charge is 2.53. The lowest BCUT2D eigenvalue weighted by Gasteiger charge is -2.53. The van der Waals surface area contributed by atoms with E-state index in [2.05, 4.69) is 13.8 Å². The fraction of sp³-hybridized carbons (Fsp3) is 0.481. The average Bonchev–Trinajstić information content (AvgIpc) is 2.73. The number of halogens is 2. The van der Waals surface area contributed by atoms with Crippen LogP contribution in [0.5, 0.6) is 0 Å². The highest BCUT2D eigenvalue weighted by atomic mass is 35.5. The lowest BCUT2D eigenvalue weighted by atomic mass is 9.66. The van der Waals surface area contributed by atoms with Crippen LogP contribution >= 0.6 is 23.2 Å². The third-order valence-electron chi connectivity index (χ3n) is 6.97. The van der Waals surface area contributed by atoms with Gasteiger partial charge in [-0.05, 0) is 66.9 Å². The van der Waals surface area contributed by atoms with Crippen molar-refractivity contribution < 1.29 is 19.5 Å². The van der Waals surface area contributed by atoms with E-state index >= 15 is 0 Å². The number of hydrogen-bond donors (Lipinski definition) is 2. The van der Waals surface area contributed by atoms with E-state index in [-0.39, 0.29) is 36.2 Å². The zero-order valence-electron chi connectivity index (χ0n) is 21.0. The molecule has 5 nitrogen and oxygen atoms in total. The Hall–Kier alpha value is -1.86. The van der Waals surface area contributed by atoms with Crippen molar-refractivity contribution in [3.05, 3.63) is 69.7 Å². The molecule has 0 bridgehead atoms. The molecule has 190 valence electrons. The lowest BCUT2D eigenvalue weighted by Crippen LogP contribution is -2.58. The van der Waals surface area contributed by atoms with Gasteiger partial charge < -0.3 is 14.8 Å². The van der Waals surface area contributed by atoms with Crippen LogP contribution in [0.15, 0.2) is 48.5 Å². The molecule has 1 aliphatic heterocycles. The predicted molar refractivity (Wildman–Crippen MR) is 143 cm³/mol. The van der Waals surface area contributed by atoms with Gasteiger partial charge in [0.25, 0.3) is 0 Å². The van der Waals surface area contributed by atoms with E-state index in [1.807, 2.05) is 60.5 Å². The number of carboxylic acids is 1. The minimum Gasteiger partial charge on any atom is -0.481 e. The molecule has 0 spiro atoms. The Morgan fingerprint density at radius 2 is 1.74 bits per heavy atom. The zero-order chi connectivity index (χ0) is 26.1. The smallest absolute Gasteiger partial charge is 0.304 e. The van der Waals surface area contributed by atoms with Crippen molar-refractivity contribution in [2.24, 2.45) is 11.3 Å². The van der Waals surface area contributed by atoms with Crippen LogP contribution in [0.1, 0.15) is 56.7 Å². The Kier molecular flexibility index (Phi) is 8.42. The van der Waals surface area contributed by atoms with E-state index in [1.165, 1.54) is 0 Å². The molecule has 0 aliphatic carbocycles. The van der Waals surface area contributed by atoms with Gasteiger partial charge in [-0.1, -0.05) is 68.2 Å². The Morgan fingerprint density at radius 1 is 1.11 bits per heavy atom. The number of likely N-dealkylation sites (tertiary alicyclic amines) is 1. The SMILES string of the molecule is CC(C)[C@@H](C[Si](C)(C)O)N1C(=O)[C@@](C)(CC(=O)O)C[C@H](c2cccc(Cl)c2)C1c1ccc(Cl)cc1. The molecule has 1 heterocycles. The van der Waals surface area contributed by atoms with Crippen LogP contribution in [0.3, 0.4) is 0 Å². The number of hydrogen-bond acceptors (Lipinski definition) is 3. The summed E-state index contributed by atoms with van der Waals surface area (Å²) in [5, 5.41) is 10.9. The molecule has 1 fully saturated rings. The number of carbonyl (C=O) groups is 2. The van der Waals surface area contributed by atoms with E-state index in [9.17, 15) is 19.5 Å². The van der Waals surface area contributed by atoms with Crippen LogP contribution in [0.2, 0.25) is 29.2 Å². The van der Waals surface area contributed by atoms with Crippen molar-refractivity contribution in [1.82, 2.24) is 4.90 Å². The summed E-state index contributed by atoms with van der Waals surface area (Å²) in [6, 6.07) is 15.0. The van der Waals surface area contributed by atoms with E-state index in [0.717, 1.165) is 11.1 Å². The fourth-order valence-corrected chi connectivity index (χ4v) is 7.43. The van der Waals surface area contributed by atoms with Gasteiger partial charge in [-0.25, -0.2) is 0 Å². The molecule has 0 radical (unpaired) electrons. The minimum atomic E-state index is -2.58. The van der Waals surface area contributed by atoms with Gasteiger partial charge in [0.1, 0.15) is 0 Å². The quantitative estimate of drug-likeness (QED) is 0.366. The van der Waals surface area contributed by atoms with E-state index in [4.69, 9.17) is 23.2 Å². The van der Waals surface area contributed by atoms with Gasteiger partial charge in [0, 0.05) is 22.0 Å². The first kappa shape index (κ1) is 27.7. The maximum atomic E-state index is 14.3. The van der Waals surface area contributed by atoms with Gasteiger partial charge >= 0.3 is 5.97 Å². The Balaban J connectivity index is 2.28. The number of aliphatic carboxylic acids is 1. The molecular weight excluding hydrogens is 501 g/mol. The van der Waals surface area contributed by atoms with Crippen molar-refractivity contribution in [3.63, 3.8) is 0 Å². The second-order valence-electron chi connectivity index (χ2n) is 11.0. The number of benzene rings is 2. The van der Waals surface area contributed by atoms with Crippen molar-refractivity contribution >= 4 is 43.4 Å². The van der Waals surface area contributed by atoms with Crippen LogP contribution in [-0.4, -0.2) is 41.0 Å². The Bertz CT molecular complexity index is 1070. The molecule has 4 atom stereocenters. The van der Waals surface area contributed by atoms with Crippen LogP contribution in [0.25, 0.3) is 0 Å². The van der Waals surface area contributed by atoms with Gasteiger partial charge in [0.2, 0.25) is 5.91 Å². The number of piperidine rings is 1. The lowest BCUT2D eigenvalue weighted by molar-refractivity contribution is -0.161. The first-order chi connectivity index (χ1) is 16.2. The maximum absolute atomic E-state index is 14.3. The summed E-state index contributed by atoms with van der Waals surface area (Å²) in [6.45, 7) is 9.60. The van der Waals surface area contributed by atoms with Crippen LogP contribution in [0, 0.1) is 11.3 Å². The standard InChI is InChI=1S/C27H35Cl2NO4Si/c1-17(2)23(16-35(4,5)34)30-25(18-9-11-20(28)12-10-18)22(19-7-6-8-21(29)13-19)14-27(3,26(30)33)15-24(31)32/h6-13,17,22-23,25,34H,14-16H2,1-5H3,(H,31,32)/t22-,23-,25?,27-/m1/s1. The summed E-state index contributed by atoms with van der Waals surface area (Å²) >= 11 is 12.6. The van der Waals surface area contributed by atoms with E-state index in [1.54, 1.807) is 13.0 Å². The largest absolute Gasteiger partial charge is 0.481 e. The van der Waals surface area contributed by atoms with Crippen molar-refractivity contribution in [3.8, 4) is 0 Å². The van der Waals surface area contributed by atoms with Gasteiger partial charge in [-0.2, -0.15) is 0 Å². The number of amides is 1. The average molecular weight is 537 g/mol. The second-order valence-corrected chi connectivity index (χ2v) is 15.9. The molecule has 3 rings (SSSR count). The van der Waals surface area contributed by atoms with Crippen LogP contribution < -0.4 is 0 Å². The summed E-state index contributed by atoms with van der Waals surface area (Å²) in [5.41, 5.74) is 0.776. The Morgan fingerprint density at radius 3 is 2.26 bits per heavy atom.